The zero-order chi connectivity index (χ0) is 21.9. The number of carbonyl (C=O) groups is 2. The Morgan fingerprint density at radius 2 is 1.97 bits per heavy atom. The summed E-state index contributed by atoms with van der Waals surface area (Å²) in [4.78, 5) is 23.5. The van der Waals surface area contributed by atoms with Crippen molar-refractivity contribution in [1.82, 2.24) is 0 Å². The standard InChI is InChI=1S/C25H36F2O3/c1-15(14-25(26,27)22(29)30-4)19-7-8-20-18-6-5-16-13-17(28)9-11-23(16,2)21(18)10-12-24(19,20)3/h5,15,18-21H,6-14H2,1-4H3/t15-,18+,19-,20+,21+,23?,24-/m1/s1. The molecule has 168 valence electrons. The third-order valence-corrected chi connectivity index (χ3v) is 9.76. The number of rotatable bonds is 4. The van der Waals surface area contributed by atoms with Crippen LogP contribution in [-0.4, -0.2) is 24.8 Å². The summed E-state index contributed by atoms with van der Waals surface area (Å²) in [7, 11) is 1.03. The van der Waals surface area contributed by atoms with Crippen molar-refractivity contribution >= 4 is 11.8 Å². The third kappa shape index (κ3) is 3.26. The number of ether oxygens (including phenoxy) is 1. The van der Waals surface area contributed by atoms with Crippen molar-refractivity contribution < 1.29 is 23.1 Å². The molecule has 3 nitrogen and oxygen atoms in total. The number of carbonyl (C=O) groups excluding carboxylic acids is 2. The second kappa shape index (κ2) is 7.41. The number of ketones is 1. The molecule has 0 bridgehead atoms. The van der Waals surface area contributed by atoms with Crippen LogP contribution in [0.2, 0.25) is 0 Å². The Morgan fingerprint density at radius 3 is 2.67 bits per heavy atom. The first-order valence-corrected chi connectivity index (χ1v) is 11.7. The molecule has 5 heteroatoms. The van der Waals surface area contributed by atoms with E-state index >= 15 is 0 Å². The minimum absolute atomic E-state index is 0.0545. The van der Waals surface area contributed by atoms with Crippen molar-refractivity contribution in [3.05, 3.63) is 11.6 Å². The van der Waals surface area contributed by atoms with Crippen LogP contribution in [0.3, 0.4) is 0 Å². The number of hydrogen-bond acceptors (Lipinski definition) is 3. The van der Waals surface area contributed by atoms with E-state index in [1.54, 1.807) is 0 Å². The van der Waals surface area contributed by atoms with E-state index in [9.17, 15) is 18.4 Å². The van der Waals surface area contributed by atoms with Crippen molar-refractivity contribution in [1.29, 1.82) is 0 Å². The van der Waals surface area contributed by atoms with Crippen LogP contribution in [0, 0.1) is 40.4 Å². The lowest BCUT2D eigenvalue weighted by molar-refractivity contribution is -0.172. The van der Waals surface area contributed by atoms with Crippen LogP contribution in [0.15, 0.2) is 11.6 Å². The van der Waals surface area contributed by atoms with Gasteiger partial charge < -0.3 is 4.74 Å². The molecule has 4 aliphatic rings. The van der Waals surface area contributed by atoms with E-state index in [1.165, 1.54) is 5.57 Å². The molecule has 3 fully saturated rings. The van der Waals surface area contributed by atoms with E-state index in [0.717, 1.165) is 45.6 Å². The minimum atomic E-state index is -3.41. The van der Waals surface area contributed by atoms with Gasteiger partial charge in [-0.1, -0.05) is 32.4 Å². The number of esters is 1. The van der Waals surface area contributed by atoms with Gasteiger partial charge in [0.25, 0.3) is 0 Å². The van der Waals surface area contributed by atoms with Crippen LogP contribution in [0.1, 0.15) is 78.6 Å². The smallest absolute Gasteiger partial charge is 0.376 e. The lowest BCUT2D eigenvalue weighted by Crippen LogP contribution is -2.50. The first kappa shape index (κ1) is 22.0. The predicted octanol–water partition coefficient (Wildman–Crippen LogP) is 5.97. The van der Waals surface area contributed by atoms with E-state index < -0.39 is 18.3 Å². The lowest BCUT2D eigenvalue weighted by atomic mass is 9.47. The van der Waals surface area contributed by atoms with Gasteiger partial charge in [0, 0.05) is 19.3 Å². The topological polar surface area (TPSA) is 43.4 Å². The summed E-state index contributed by atoms with van der Waals surface area (Å²) in [6.45, 7) is 6.59. The summed E-state index contributed by atoms with van der Waals surface area (Å²) in [5.74, 6) is -2.72. The number of methoxy groups -OCH3 is 1. The van der Waals surface area contributed by atoms with Gasteiger partial charge in [-0.2, -0.15) is 8.78 Å². The highest BCUT2D eigenvalue weighted by atomic mass is 19.3. The molecule has 3 saturated carbocycles. The maximum atomic E-state index is 14.3. The van der Waals surface area contributed by atoms with Gasteiger partial charge >= 0.3 is 11.9 Å². The van der Waals surface area contributed by atoms with Crippen LogP contribution < -0.4 is 0 Å². The first-order valence-electron chi connectivity index (χ1n) is 11.7. The van der Waals surface area contributed by atoms with Crippen molar-refractivity contribution in [2.45, 2.75) is 84.5 Å². The monoisotopic (exact) mass is 422 g/mol. The average molecular weight is 423 g/mol. The van der Waals surface area contributed by atoms with E-state index in [0.29, 0.717) is 36.4 Å². The van der Waals surface area contributed by atoms with Gasteiger partial charge in [-0.3, -0.25) is 4.79 Å². The Labute approximate surface area is 179 Å². The molecule has 0 aromatic carbocycles. The molecule has 0 aromatic heterocycles. The summed E-state index contributed by atoms with van der Waals surface area (Å²) in [5, 5.41) is 0. The number of halogens is 2. The van der Waals surface area contributed by atoms with Gasteiger partial charge in [0.2, 0.25) is 0 Å². The number of allylic oxidation sites excluding steroid dienone is 2. The fourth-order valence-corrected chi connectivity index (χ4v) is 8.23. The SMILES string of the molecule is COC(=O)C(F)(F)C[C@@H](C)[C@H]1CC[C@H]2[C@@H]3CC=C4CC(=O)CCC4(C)[C@H]3CC[C@]12C. The average Bonchev–Trinajstić information content (AvgIpc) is 3.04. The fraction of sp³-hybridized carbons (Fsp3) is 0.840. The van der Waals surface area contributed by atoms with Crippen molar-refractivity contribution in [2.75, 3.05) is 7.11 Å². The molecule has 30 heavy (non-hydrogen) atoms. The summed E-state index contributed by atoms with van der Waals surface area (Å²) in [5.41, 5.74) is 1.56. The molecule has 4 rings (SSSR count). The Bertz CT molecular complexity index is 759. The number of Topliss-reactive ketones (excluding diaryl/α,β-unsaturated/α-hetero) is 1. The van der Waals surface area contributed by atoms with Gasteiger partial charge in [-0.15, -0.1) is 0 Å². The molecule has 0 N–H and O–H groups in total. The Hall–Kier alpha value is -1.26. The van der Waals surface area contributed by atoms with Gasteiger partial charge in [-0.05, 0) is 78.9 Å². The third-order valence-electron chi connectivity index (χ3n) is 9.76. The normalized spacial score (nSPS) is 41.9. The van der Waals surface area contributed by atoms with E-state index in [2.05, 4.69) is 24.7 Å². The van der Waals surface area contributed by atoms with Crippen molar-refractivity contribution in [2.24, 2.45) is 40.4 Å². The number of fused-ring (bicyclic) bond motifs is 5. The number of hydrogen-bond donors (Lipinski definition) is 0. The molecular weight excluding hydrogens is 386 g/mol. The summed E-state index contributed by atoms with van der Waals surface area (Å²) in [6.07, 6.45) is 9.49. The highest BCUT2D eigenvalue weighted by Crippen LogP contribution is 2.67. The molecule has 0 radical (unpaired) electrons. The largest absolute Gasteiger partial charge is 0.465 e. The van der Waals surface area contributed by atoms with Crippen molar-refractivity contribution in [3.8, 4) is 0 Å². The molecule has 7 atom stereocenters. The zero-order valence-corrected chi connectivity index (χ0v) is 18.8. The summed E-state index contributed by atoms with van der Waals surface area (Å²) < 4.78 is 32.9. The second-order valence-electron chi connectivity index (χ2n) is 11.1. The molecule has 1 unspecified atom stereocenters. The molecule has 0 aromatic rings. The predicted molar refractivity (Wildman–Crippen MR) is 111 cm³/mol. The maximum absolute atomic E-state index is 14.3. The van der Waals surface area contributed by atoms with Gasteiger partial charge in [0.05, 0.1) is 7.11 Å². The molecule has 0 aliphatic heterocycles. The van der Waals surface area contributed by atoms with Crippen LogP contribution in [0.4, 0.5) is 8.78 Å². The summed E-state index contributed by atoms with van der Waals surface area (Å²) >= 11 is 0. The minimum Gasteiger partial charge on any atom is -0.465 e. The van der Waals surface area contributed by atoms with E-state index in [1.807, 2.05) is 6.92 Å². The second-order valence-corrected chi connectivity index (χ2v) is 11.1. The van der Waals surface area contributed by atoms with Crippen LogP contribution in [0.5, 0.6) is 0 Å². The van der Waals surface area contributed by atoms with Crippen LogP contribution in [-0.2, 0) is 14.3 Å². The molecule has 4 aliphatic carbocycles. The molecule has 0 spiro atoms. The number of alkyl halides is 2. The fourth-order valence-electron chi connectivity index (χ4n) is 8.23. The highest BCUT2D eigenvalue weighted by molar-refractivity contribution is 5.82. The van der Waals surface area contributed by atoms with Crippen LogP contribution >= 0.6 is 0 Å². The van der Waals surface area contributed by atoms with Crippen molar-refractivity contribution in [3.63, 3.8) is 0 Å². The first-order chi connectivity index (χ1) is 14.0. The van der Waals surface area contributed by atoms with Gasteiger partial charge in [0.1, 0.15) is 5.78 Å². The van der Waals surface area contributed by atoms with Crippen LogP contribution in [0.25, 0.3) is 0 Å². The highest BCUT2D eigenvalue weighted by Gasteiger charge is 2.60. The molecular formula is C25H36F2O3. The Balaban J connectivity index is 1.54. The maximum Gasteiger partial charge on any atom is 0.376 e. The quantitative estimate of drug-likeness (QED) is 0.414. The molecule has 0 heterocycles. The summed E-state index contributed by atoms with van der Waals surface area (Å²) in [6, 6.07) is 0. The molecule has 0 saturated heterocycles. The zero-order valence-electron chi connectivity index (χ0n) is 18.8. The Morgan fingerprint density at radius 1 is 1.23 bits per heavy atom. The van der Waals surface area contributed by atoms with E-state index in [-0.39, 0.29) is 22.7 Å². The van der Waals surface area contributed by atoms with Gasteiger partial charge in [-0.25, -0.2) is 4.79 Å². The van der Waals surface area contributed by atoms with Gasteiger partial charge in [0.15, 0.2) is 0 Å². The lowest BCUT2D eigenvalue weighted by Gasteiger charge is -2.58. The Kier molecular flexibility index (Phi) is 5.42. The van der Waals surface area contributed by atoms with E-state index in [4.69, 9.17) is 0 Å². The molecule has 0 amide bonds.